The summed E-state index contributed by atoms with van der Waals surface area (Å²) in [6.07, 6.45) is 2.47. The standard InChI is InChI=1S/C16H22N2O3/c1-10-6-7-12(8-14(10)18-11(2)19)16(21)17-9-13-4-3-5-15(13)20/h6-8,13,15,20H,3-5,9H2,1-2H3,(H,17,21)(H,18,19). The van der Waals surface area contributed by atoms with E-state index in [4.69, 9.17) is 0 Å². The number of hydrogen-bond donors (Lipinski definition) is 3. The van der Waals surface area contributed by atoms with Crippen molar-refractivity contribution in [2.45, 2.75) is 39.2 Å². The molecule has 1 aliphatic carbocycles. The van der Waals surface area contributed by atoms with E-state index in [1.54, 1.807) is 12.1 Å². The first-order chi connectivity index (χ1) is 9.97. The summed E-state index contributed by atoms with van der Waals surface area (Å²) in [5, 5.41) is 15.3. The van der Waals surface area contributed by atoms with E-state index in [0.717, 1.165) is 24.8 Å². The average molecular weight is 290 g/mol. The third-order valence-electron chi connectivity index (χ3n) is 3.95. The maximum absolute atomic E-state index is 12.2. The number of aliphatic hydroxyl groups excluding tert-OH is 1. The Kier molecular flexibility index (Phi) is 4.96. The van der Waals surface area contributed by atoms with Crippen LogP contribution in [0.4, 0.5) is 5.69 Å². The Balaban J connectivity index is 2.00. The number of amides is 2. The molecule has 2 amide bonds. The lowest BCUT2D eigenvalue weighted by Crippen LogP contribution is -2.32. The fourth-order valence-corrected chi connectivity index (χ4v) is 2.67. The van der Waals surface area contributed by atoms with Crippen LogP contribution in [0.1, 0.15) is 42.1 Å². The highest BCUT2D eigenvalue weighted by atomic mass is 16.3. The van der Waals surface area contributed by atoms with E-state index in [2.05, 4.69) is 10.6 Å². The third kappa shape index (κ3) is 4.04. The normalized spacial score (nSPS) is 21.1. The lowest BCUT2D eigenvalue weighted by atomic mass is 10.1. The number of carbonyl (C=O) groups excluding carboxylic acids is 2. The number of aryl methyl sites for hydroxylation is 1. The summed E-state index contributed by atoms with van der Waals surface area (Å²) in [5.74, 6) is -0.195. The molecule has 5 heteroatoms. The molecule has 0 aliphatic heterocycles. The molecule has 1 fully saturated rings. The van der Waals surface area contributed by atoms with Gasteiger partial charge in [-0.2, -0.15) is 0 Å². The first-order valence-corrected chi connectivity index (χ1v) is 7.32. The van der Waals surface area contributed by atoms with Crippen molar-refractivity contribution in [1.29, 1.82) is 0 Å². The van der Waals surface area contributed by atoms with Gasteiger partial charge in [0.05, 0.1) is 6.10 Å². The maximum Gasteiger partial charge on any atom is 0.251 e. The predicted octanol–water partition coefficient (Wildman–Crippen LogP) is 1.84. The summed E-state index contributed by atoms with van der Waals surface area (Å²) in [4.78, 5) is 23.3. The van der Waals surface area contributed by atoms with E-state index >= 15 is 0 Å². The molecule has 0 radical (unpaired) electrons. The van der Waals surface area contributed by atoms with E-state index < -0.39 is 0 Å². The molecule has 114 valence electrons. The topological polar surface area (TPSA) is 78.4 Å². The van der Waals surface area contributed by atoms with Crippen molar-refractivity contribution < 1.29 is 14.7 Å². The van der Waals surface area contributed by atoms with Crippen LogP contribution in [0.5, 0.6) is 0 Å². The molecule has 0 aromatic heterocycles. The third-order valence-corrected chi connectivity index (χ3v) is 3.95. The quantitative estimate of drug-likeness (QED) is 0.792. The van der Waals surface area contributed by atoms with Gasteiger partial charge in [-0.3, -0.25) is 9.59 Å². The van der Waals surface area contributed by atoms with Gasteiger partial charge >= 0.3 is 0 Å². The van der Waals surface area contributed by atoms with E-state index in [1.165, 1.54) is 6.92 Å². The molecule has 2 atom stereocenters. The minimum absolute atomic E-state index is 0.147. The van der Waals surface area contributed by atoms with Crippen LogP contribution in [0.25, 0.3) is 0 Å². The van der Waals surface area contributed by atoms with Crippen molar-refractivity contribution in [2.75, 3.05) is 11.9 Å². The minimum Gasteiger partial charge on any atom is -0.393 e. The zero-order valence-electron chi connectivity index (χ0n) is 12.5. The van der Waals surface area contributed by atoms with E-state index in [9.17, 15) is 14.7 Å². The second-order valence-corrected chi connectivity index (χ2v) is 5.68. The van der Waals surface area contributed by atoms with Gasteiger partial charge in [-0.15, -0.1) is 0 Å². The smallest absolute Gasteiger partial charge is 0.251 e. The molecule has 1 saturated carbocycles. The van der Waals surface area contributed by atoms with Gasteiger partial charge in [-0.05, 0) is 37.5 Å². The summed E-state index contributed by atoms with van der Waals surface area (Å²) in [6, 6.07) is 5.23. The summed E-state index contributed by atoms with van der Waals surface area (Å²) < 4.78 is 0. The number of carbonyl (C=O) groups is 2. The number of hydrogen-bond acceptors (Lipinski definition) is 3. The Bertz CT molecular complexity index is 542. The molecule has 21 heavy (non-hydrogen) atoms. The maximum atomic E-state index is 12.2. The second kappa shape index (κ2) is 6.72. The van der Waals surface area contributed by atoms with E-state index in [1.807, 2.05) is 13.0 Å². The van der Waals surface area contributed by atoms with Gasteiger partial charge in [0, 0.05) is 30.6 Å². The van der Waals surface area contributed by atoms with Crippen molar-refractivity contribution in [3.05, 3.63) is 29.3 Å². The van der Waals surface area contributed by atoms with Crippen LogP contribution in [0.15, 0.2) is 18.2 Å². The predicted molar refractivity (Wildman–Crippen MR) is 81.2 cm³/mol. The zero-order valence-corrected chi connectivity index (χ0v) is 12.5. The van der Waals surface area contributed by atoms with E-state index in [-0.39, 0.29) is 23.8 Å². The van der Waals surface area contributed by atoms with Crippen molar-refractivity contribution in [3.8, 4) is 0 Å². The highest BCUT2D eigenvalue weighted by molar-refractivity contribution is 5.97. The number of aliphatic hydroxyl groups is 1. The van der Waals surface area contributed by atoms with Gasteiger partial charge < -0.3 is 15.7 Å². The number of anilines is 1. The lowest BCUT2D eigenvalue weighted by Gasteiger charge is -2.15. The molecule has 0 spiro atoms. The van der Waals surface area contributed by atoms with Crippen LogP contribution >= 0.6 is 0 Å². The Labute approximate surface area is 124 Å². The molecule has 5 nitrogen and oxygen atoms in total. The van der Waals surface area contributed by atoms with Crippen LogP contribution in [-0.4, -0.2) is 29.6 Å². The van der Waals surface area contributed by atoms with Gasteiger partial charge in [-0.1, -0.05) is 12.5 Å². The highest BCUT2D eigenvalue weighted by Gasteiger charge is 2.25. The van der Waals surface area contributed by atoms with Gasteiger partial charge in [0.2, 0.25) is 5.91 Å². The molecule has 1 aliphatic rings. The highest BCUT2D eigenvalue weighted by Crippen LogP contribution is 2.24. The molecule has 0 bridgehead atoms. The summed E-state index contributed by atoms with van der Waals surface area (Å²) in [7, 11) is 0. The van der Waals surface area contributed by atoms with Crippen LogP contribution < -0.4 is 10.6 Å². The zero-order chi connectivity index (χ0) is 15.4. The first-order valence-electron chi connectivity index (χ1n) is 7.32. The summed E-state index contributed by atoms with van der Waals surface area (Å²) in [5.41, 5.74) is 2.07. The van der Waals surface area contributed by atoms with Crippen molar-refractivity contribution in [1.82, 2.24) is 5.32 Å². The Morgan fingerprint density at radius 3 is 2.71 bits per heavy atom. The summed E-state index contributed by atoms with van der Waals surface area (Å²) >= 11 is 0. The molecule has 0 heterocycles. The fourth-order valence-electron chi connectivity index (χ4n) is 2.67. The fraction of sp³-hybridized carbons (Fsp3) is 0.500. The Morgan fingerprint density at radius 1 is 1.33 bits per heavy atom. The second-order valence-electron chi connectivity index (χ2n) is 5.68. The van der Waals surface area contributed by atoms with Crippen LogP contribution in [0.2, 0.25) is 0 Å². The molecular weight excluding hydrogens is 268 g/mol. The monoisotopic (exact) mass is 290 g/mol. The van der Waals surface area contributed by atoms with E-state index in [0.29, 0.717) is 17.8 Å². The first kappa shape index (κ1) is 15.5. The lowest BCUT2D eigenvalue weighted by molar-refractivity contribution is -0.114. The average Bonchev–Trinajstić information content (AvgIpc) is 2.83. The van der Waals surface area contributed by atoms with Gasteiger partial charge in [-0.25, -0.2) is 0 Å². The number of benzene rings is 1. The van der Waals surface area contributed by atoms with Crippen LogP contribution in [0, 0.1) is 12.8 Å². The largest absolute Gasteiger partial charge is 0.393 e. The SMILES string of the molecule is CC(=O)Nc1cc(C(=O)NCC2CCCC2O)ccc1C. The van der Waals surface area contributed by atoms with Crippen molar-refractivity contribution in [3.63, 3.8) is 0 Å². The summed E-state index contributed by atoms with van der Waals surface area (Å²) in [6.45, 7) is 3.80. The number of nitrogens with one attached hydrogen (secondary N) is 2. The van der Waals surface area contributed by atoms with Gasteiger partial charge in [0.25, 0.3) is 5.91 Å². The molecular formula is C16H22N2O3. The molecule has 1 aromatic carbocycles. The van der Waals surface area contributed by atoms with Crippen LogP contribution in [0.3, 0.4) is 0 Å². The molecule has 0 saturated heterocycles. The molecule has 2 rings (SSSR count). The van der Waals surface area contributed by atoms with Crippen molar-refractivity contribution in [2.24, 2.45) is 5.92 Å². The molecule has 1 aromatic rings. The Morgan fingerprint density at radius 2 is 2.10 bits per heavy atom. The van der Waals surface area contributed by atoms with Gasteiger partial charge in [0.1, 0.15) is 0 Å². The molecule has 3 N–H and O–H groups in total. The van der Waals surface area contributed by atoms with Gasteiger partial charge in [0.15, 0.2) is 0 Å². The van der Waals surface area contributed by atoms with Crippen molar-refractivity contribution >= 4 is 17.5 Å². The number of rotatable bonds is 4. The Hall–Kier alpha value is -1.88. The minimum atomic E-state index is -0.307. The van der Waals surface area contributed by atoms with Crippen LogP contribution in [-0.2, 0) is 4.79 Å². The molecule has 2 unspecified atom stereocenters.